The van der Waals surface area contributed by atoms with Crippen LogP contribution in [0.4, 0.5) is 10.2 Å². The molecule has 4 rings (SSSR count). The van der Waals surface area contributed by atoms with E-state index in [4.69, 9.17) is 9.47 Å². The molecule has 9 heteroatoms. The maximum Gasteiger partial charge on any atom is 0.306 e. The fourth-order valence-electron chi connectivity index (χ4n) is 4.09. The average molecular weight is 456 g/mol. The fourth-order valence-corrected chi connectivity index (χ4v) is 4.09. The van der Waals surface area contributed by atoms with Crippen LogP contribution in [-0.4, -0.2) is 44.7 Å². The Hall–Kier alpha value is -3.23. The highest BCUT2D eigenvalue weighted by molar-refractivity contribution is 5.72. The molecular formula is C24H30FN5O3. The van der Waals surface area contributed by atoms with Crippen LogP contribution in [0.15, 0.2) is 30.7 Å². The number of anilines is 1. The largest absolute Gasteiger partial charge is 0.477 e. The van der Waals surface area contributed by atoms with E-state index in [0.717, 1.165) is 36.9 Å². The number of carbonyl (C=O) groups excluding carboxylic acids is 1. The van der Waals surface area contributed by atoms with Crippen LogP contribution < -0.4 is 9.64 Å². The van der Waals surface area contributed by atoms with E-state index in [1.807, 2.05) is 39.8 Å². The number of esters is 1. The van der Waals surface area contributed by atoms with Crippen LogP contribution in [0.3, 0.4) is 0 Å². The lowest BCUT2D eigenvalue weighted by molar-refractivity contribution is -0.156. The van der Waals surface area contributed by atoms with Gasteiger partial charge in [0.1, 0.15) is 17.2 Å². The van der Waals surface area contributed by atoms with Gasteiger partial charge in [-0.2, -0.15) is 0 Å². The van der Waals surface area contributed by atoms with Crippen LogP contribution in [0.2, 0.25) is 0 Å². The van der Waals surface area contributed by atoms with Crippen LogP contribution in [0.1, 0.15) is 58.6 Å². The van der Waals surface area contributed by atoms with Crippen molar-refractivity contribution in [3.05, 3.63) is 42.1 Å². The molecule has 0 aromatic carbocycles. The molecule has 3 aromatic rings. The SMILES string of the molecule is C[C@@H](COc1ncc(F)cc1C1CCCN1c1ccc2[nH]cnc2n1)CC(=O)OC(C)(C)C. The normalized spacial score (nSPS) is 17.4. The van der Waals surface area contributed by atoms with Crippen molar-refractivity contribution in [1.82, 2.24) is 19.9 Å². The molecule has 0 bridgehead atoms. The van der Waals surface area contributed by atoms with Gasteiger partial charge in [0.25, 0.3) is 0 Å². The lowest BCUT2D eigenvalue weighted by atomic mass is 10.1. The highest BCUT2D eigenvalue weighted by Crippen LogP contribution is 2.39. The molecule has 0 saturated carbocycles. The van der Waals surface area contributed by atoms with E-state index in [-0.39, 0.29) is 31.0 Å². The topological polar surface area (TPSA) is 93.2 Å². The second-order valence-corrected chi connectivity index (χ2v) is 9.55. The zero-order valence-electron chi connectivity index (χ0n) is 19.5. The summed E-state index contributed by atoms with van der Waals surface area (Å²) in [6.45, 7) is 8.50. The number of ether oxygens (including phenoxy) is 2. The van der Waals surface area contributed by atoms with Gasteiger partial charge in [0.2, 0.25) is 5.88 Å². The van der Waals surface area contributed by atoms with Crippen molar-refractivity contribution in [1.29, 1.82) is 0 Å². The van der Waals surface area contributed by atoms with Gasteiger partial charge in [-0.3, -0.25) is 4.79 Å². The van der Waals surface area contributed by atoms with Gasteiger partial charge in [0.15, 0.2) is 5.65 Å². The zero-order valence-corrected chi connectivity index (χ0v) is 19.5. The molecule has 4 heterocycles. The van der Waals surface area contributed by atoms with Crippen LogP contribution in [0, 0.1) is 11.7 Å². The van der Waals surface area contributed by atoms with Crippen LogP contribution in [0.5, 0.6) is 5.88 Å². The van der Waals surface area contributed by atoms with Gasteiger partial charge >= 0.3 is 5.97 Å². The van der Waals surface area contributed by atoms with Gasteiger partial charge in [-0.25, -0.2) is 19.3 Å². The van der Waals surface area contributed by atoms with Gasteiger partial charge in [-0.15, -0.1) is 0 Å². The number of aromatic nitrogens is 4. The summed E-state index contributed by atoms with van der Waals surface area (Å²) in [6.07, 6.45) is 4.77. The Morgan fingerprint density at radius 1 is 1.33 bits per heavy atom. The van der Waals surface area contributed by atoms with Crippen LogP contribution in [-0.2, 0) is 9.53 Å². The first-order valence-corrected chi connectivity index (χ1v) is 11.3. The summed E-state index contributed by atoms with van der Waals surface area (Å²) in [5.41, 5.74) is 1.66. The molecule has 0 radical (unpaired) electrons. The number of hydrogen-bond acceptors (Lipinski definition) is 7. The molecule has 1 aliphatic rings. The first-order valence-electron chi connectivity index (χ1n) is 11.3. The van der Waals surface area contributed by atoms with Crippen molar-refractivity contribution in [3.63, 3.8) is 0 Å². The number of fused-ring (bicyclic) bond motifs is 1. The molecule has 1 saturated heterocycles. The van der Waals surface area contributed by atoms with E-state index >= 15 is 0 Å². The predicted octanol–water partition coefficient (Wildman–Crippen LogP) is 4.58. The minimum Gasteiger partial charge on any atom is -0.477 e. The monoisotopic (exact) mass is 455 g/mol. The van der Waals surface area contributed by atoms with Gasteiger partial charge in [0, 0.05) is 18.0 Å². The van der Waals surface area contributed by atoms with Crippen molar-refractivity contribution < 1.29 is 18.7 Å². The lowest BCUT2D eigenvalue weighted by Gasteiger charge is -2.27. The predicted molar refractivity (Wildman–Crippen MR) is 123 cm³/mol. The summed E-state index contributed by atoms with van der Waals surface area (Å²) in [5.74, 6) is 0.396. The van der Waals surface area contributed by atoms with E-state index < -0.39 is 11.4 Å². The van der Waals surface area contributed by atoms with E-state index in [1.165, 1.54) is 6.07 Å². The summed E-state index contributed by atoms with van der Waals surface area (Å²) in [6, 6.07) is 5.25. The Morgan fingerprint density at radius 2 is 2.15 bits per heavy atom. The summed E-state index contributed by atoms with van der Waals surface area (Å²) in [5, 5.41) is 0. The number of hydrogen-bond donors (Lipinski definition) is 1. The van der Waals surface area contributed by atoms with E-state index in [9.17, 15) is 9.18 Å². The summed E-state index contributed by atoms with van der Waals surface area (Å²) in [4.78, 5) is 30.4. The Kier molecular flexibility index (Phi) is 6.49. The van der Waals surface area contributed by atoms with Gasteiger partial charge in [0.05, 0.1) is 37.1 Å². The molecule has 1 fully saturated rings. The molecule has 3 aromatic heterocycles. The molecule has 176 valence electrons. The average Bonchev–Trinajstić information content (AvgIpc) is 3.40. The van der Waals surface area contributed by atoms with Gasteiger partial charge in [-0.1, -0.05) is 6.92 Å². The highest BCUT2D eigenvalue weighted by atomic mass is 19.1. The zero-order chi connectivity index (χ0) is 23.6. The standard InChI is InChI=1S/C24H30FN5O3/c1-15(10-21(31)33-24(2,3)4)13-32-23-17(11-16(25)12-26-23)19-6-5-9-30(19)20-8-7-18-22(29-20)28-14-27-18/h7-8,11-12,14-15,19H,5-6,9-10,13H2,1-4H3,(H,27,28,29)/t15-,19?/m1/s1. The quantitative estimate of drug-likeness (QED) is 0.521. The molecule has 1 N–H and O–H groups in total. The summed E-state index contributed by atoms with van der Waals surface area (Å²) in [7, 11) is 0. The minimum atomic E-state index is -0.526. The molecule has 2 atom stereocenters. The number of halogens is 1. The molecule has 1 aliphatic heterocycles. The van der Waals surface area contributed by atoms with Gasteiger partial charge in [-0.05, 0) is 51.8 Å². The Morgan fingerprint density at radius 3 is 2.94 bits per heavy atom. The Labute approximate surface area is 192 Å². The molecule has 0 aliphatic carbocycles. The molecule has 8 nitrogen and oxygen atoms in total. The number of pyridine rings is 2. The number of imidazole rings is 1. The molecular weight excluding hydrogens is 425 g/mol. The maximum absolute atomic E-state index is 14.2. The van der Waals surface area contributed by atoms with Crippen molar-refractivity contribution >= 4 is 23.0 Å². The highest BCUT2D eigenvalue weighted by Gasteiger charge is 2.31. The summed E-state index contributed by atoms with van der Waals surface area (Å²) < 4.78 is 25.6. The van der Waals surface area contributed by atoms with E-state index in [2.05, 4.69) is 24.8 Å². The first kappa shape index (κ1) is 22.9. The third-order valence-corrected chi connectivity index (χ3v) is 5.46. The maximum atomic E-state index is 14.2. The number of nitrogens with zero attached hydrogens (tertiary/aromatic N) is 4. The number of rotatable bonds is 7. The van der Waals surface area contributed by atoms with Crippen molar-refractivity contribution in [2.75, 3.05) is 18.1 Å². The molecule has 0 spiro atoms. The van der Waals surface area contributed by atoms with E-state index in [0.29, 0.717) is 17.1 Å². The number of aromatic amines is 1. The number of H-pyrrole nitrogens is 1. The minimum absolute atomic E-state index is 0.0806. The van der Waals surface area contributed by atoms with Crippen LogP contribution >= 0.6 is 0 Å². The molecule has 0 amide bonds. The second-order valence-electron chi connectivity index (χ2n) is 9.55. The lowest BCUT2D eigenvalue weighted by Crippen LogP contribution is -2.26. The number of nitrogens with one attached hydrogen (secondary N) is 1. The molecule has 1 unspecified atom stereocenters. The Bertz CT molecular complexity index is 1130. The Balaban J connectivity index is 1.49. The summed E-state index contributed by atoms with van der Waals surface area (Å²) >= 11 is 0. The van der Waals surface area contributed by atoms with Crippen molar-refractivity contribution in [2.45, 2.75) is 58.6 Å². The third-order valence-electron chi connectivity index (χ3n) is 5.46. The van der Waals surface area contributed by atoms with Crippen LogP contribution in [0.25, 0.3) is 11.2 Å². The molecule has 33 heavy (non-hydrogen) atoms. The van der Waals surface area contributed by atoms with Crippen molar-refractivity contribution in [2.24, 2.45) is 5.92 Å². The third kappa shape index (κ3) is 5.58. The van der Waals surface area contributed by atoms with Gasteiger partial charge < -0.3 is 19.4 Å². The van der Waals surface area contributed by atoms with Crippen molar-refractivity contribution in [3.8, 4) is 5.88 Å². The number of carbonyl (C=O) groups is 1. The fraction of sp³-hybridized carbons (Fsp3) is 0.500. The smallest absolute Gasteiger partial charge is 0.306 e. The second kappa shape index (κ2) is 9.33. The van der Waals surface area contributed by atoms with E-state index in [1.54, 1.807) is 6.33 Å². The first-order chi connectivity index (χ1) is 15.7.